The lowest BCUT2D eigenvalue weighted by atomic mass is 10.2. The molecule has 0 amide bonds. The Kier molecular flexibility index (Phi) is 3.90. The number of halogens is 2. The lowest BCUT2D eigenvalue weighted by Crippen LogP contribution is -1.98. The van der Waals surface area contributed by atoms with Crippen molar-refractivity contribution in [3.8, 4) is 11.4 Å². The van der Waals surface area contributed by atoms with Crippen LogP contribution in [0.4, 0.5) is 0 Å². The normalized spacial score (nSPS) is 11.0. The van der Waals surface area contributed by atoms with Crippen molar-refractivity contribution in [3.05, 3.63) is 43.7 Å². The Morgan fingerprint density at radius 3 is 2.76 bits per heavy atom. The van der Waals surface area contributed by atoms with Crippen molar-refractivity contribution in [2.24, 2.45) is 0 Å². The van der Waals surface area contributed by atoms with E-state index in [4.69, 9.17) is 17.0 Å². The van der Waals surface area contributed by atoms with Crippen LogP contribution in [0.5, 0.6) is 5.75 Å². The average Bonchev–Trinajstić information content (AvgIpc) is 2.77. The average molecular weight is 429 g/mol. The largest absolute Gasteiger partial charge is 0.495 e. The smallest absolute Gasteiger partial charge is 0.184 e. The number of nitrogens with one attached hydrogen (secondary N) is 1. The standard InChI is InChI=1S/C14H11Br2N3OS/c1-7-3-4-17-13-12(7)18-14(21)19(13)10-6-11(20-2)9(16)5-8(10)15/h3-6H,1-2H3,(H,18,21). The number of pyridine rings is 1. The van der Waals surface area contributed by atoms with Gasteiger partial charge < -0.3 is 9.72 Å². The van der Waals surface area contributed by atoms with Gasteiger partial charge in [0, 0.05) is 16.7 Å². The molecule has 0 atom stereocenters. The van der Waals surface area contributed by atoms with Crippen molar-refractivity contribution in [1.82, 2.24) is 14.5 Å². The van der Waals surface area contributed by atoms with E-state index >= 15 is 0 Å². The van der Waals surface area contributed by atoms with Crippen LogP contribution in [-0.2, 0) is 0 Å². The maximum absolute atomic E-state index is 5.46. The first kappa shape index (κ1) is 14.7. The SMILES string of the molecule is COc1cc(-n2c(=S)[nH]c3c(C)ccnc32)c(Br)cc1Br. The number of fused-ring (bicyclic) bond motifs is 1. The third-order valence-corrected chi connectivity index (χ3v) is 4.79. The van der Waals surface area contributed by atoms with E-state index in [1.807, 2.05) is 29.7 Å². The zero-order valence-electron chi connectivity index (χ0n) is 11.3. The van der Waals surface area contributed by atoms with E-state index in [0.29, 0.717) is 4.77 Å². The van der Waals surface area contributed by atoms with Gasteiger partial charge in [-0.25, -0.2) is 4.98 Å². The van der Waals surface area contributed by atoms with Gasteiger partial charge in [-0.15, -0.1) is 0 Å². The van der Waals surface area contributed by atoms with Gasteiger partial charge in [0.2, 0.25) is 0 Å². The van der Waals surface area contributed by atoms with E-state index in [1.54, 1.807) is 13.3 Å². The van der Waals surface area contributed by atoms with Crippen LogP contribution in [0.15, 0.2) is 33.3 Å². The van der Waals surface area contributed by atoms with Crippen LogP contribution < -0.4 is 4.74 Å². The summed E-state index contributed by atoms with van der Waals surface area (Å²) in [4.78, 5) is 7.66. The minimum absolute atomic E-state index is 0.594. The Labute approximate surface area is 143 Å². The van der Waals surface area contributed by atoms with Gasteiger partial charge in [0.05, 0.1) is 22.8 Å². The highest BCUT2D eigenvalue weighted by Crippen LogP contribution is 2.35. The molecule has 21 heavy (non-hydrogen) atoms. The van der Waals surface area contributed by atoms with Crippen LogP contribution in [0.2, 0.25) is 0 Å². The zero-order valence-corrected chi connectivity index (χ0v) is 15.3. The number of aromatic amines is 1. The molecule has 2 heterocycles. The molecule has 0 fully saturated rings. The summed E-state index contributed by atoms with van der Waals surface area (Å²) < 4.78 is 9.63. The molecule has 0 aliphatic carbocycles. The van der Waals surface area contributed by atoms with Crippen LogP contribution in [0.1, 0.15) is 5.56 Å². The highest BCUT2D eigenvalue weighted by molar-refractivity contribution is 9.11. The molecular weight excluding hydrogens is 418 g/mol. The van der Waals surface area contributed by atoms with E-state index in [0.717, 1.165) is 37.1 Å². The fraction of sp³-hybridized carbons (Fsp3) is 0.143. The van der Waals surface area contributed by atoms with Gasteiger partial charge in [0.1, 0.15) is 5.75 Å². The molecule has 1 N–H and O–H groups in total. The fourth-order valence-corrected chi connectivity index (χ4v) is 3.82. The fourth-order valence-electron chi connectivity index (χ4n) is 2.20. The molecular formula is C14H11Br2N3OS. The van der Waals surface area contributed by atoms with E-state index in [1.165, 1.54) is 0 Å². The van der Waals surface area contributed by atoms with E-state index in [2.05, 4.69) is 41.8 Å². The molecule has 7 heteroatoms. The second-order valence-electron chi connectivity index (χ2n) is 4.53. The predicted molar refractivity (Wildman–Crippen MR) is 92.9 cm³/mol. The first-order chi connectivity index (χ1) is 10.0. The van der Waals surface area contributed by atoms with E-state index < -0.39 is 0 Å². The maximum Gasteiger partial charge on any atom is 0.184 e. The molecule has 0 unspecified atom stereocenters. The number of nitrogens with zero attached hydrogens (tertiary/aromatic N) is 2. The highest BCUT2D eigenvalue weighted by atomic mass is 79.9. The number of benzene rings is 1. The molecule has 1 aromatic carbocycles. The Morgan fingerprint density at radius 1 is 1.29 bits per heavy atom. The van der Waals surface area contributed by atoms with Crippen LogP contribution in [0.3, 0.4) is 0 Å². The summed E-state index contributed by atoms with van der Waals surface area (Å²) in [6, 6.07) is 5.81. The summed E-state index contributed by atoms with van der Waals surface area (Å²) in [6.45, 7) is 2.02. The van der Waals surface area contributed by atoms with Crippen molar-refractivity contribution < 1.29 is 4.74 Å². The number of hydrogen-bond donors (Lipinski definition) is 1. The van der Waals surface area contributed by atoms with Crippen molar-refractivity contribution in [1.29, 1.82) is 0 Å². The van der Waals surface area contributed by atoms with Gasteiger partial charge in [0.25, 0.3) is 0 Å². The summed E-state index contributed by atoms with van der Waals surface area (Å²) in [7, 11) is 1.63. The molecule has 0 saturated heterocycles. The second kappa shape index (κ2) is 5.55. The number of hydrogen-bond acceptors (Lipinski definition) is 3. The second-order valence-corrected chi connectivity index (χ2v) is 6.63. The maximum atomic E-state index is 5.46. The number of imidazole rings is 1. The minimum Gasteiger partial charge on any atom is -0.495 e. The zero-order chi connectivity index (χ0) is 15.1. The number of ether oxygens (including phenoxy) is 1. The number of H-pyrrole nitrogens is 1. The number of methoxy groups -OCH3 is 1. The van der Waals surface area contributed by atoms with Crippen LogP contribution >= 0.6 is 44.1 Å². The number of aryl methyl sites for hydroxylation is 1. The third kappa shape index (κ3) is 2.43. The van der Waals surface area contributed by atoms with Crippen molar-refractivity contribution in [2.75, 3.05) is 7.11 Å². The molecule has 4 nitrogen and oxygen atoms in total. The lowest BCUT2D eigenvalue weighted by molar-refractivity contribution is 0.412. The van der Waals surface area contributed by atoms with Gasteiger partial charge in [-0.3, -0.25) is 4.57 Å². The van der Waals surface area contributed by atoms with Gasteiger partial charge in [0.15, 0.2) is 10.4 Å². The first-order valence-electron chi connectivity index (χ1n) is 6.12. The van der Waals surface area contributed by atoms with Crippen LogP contribution in [0.25, 0.3) is 16.9 Å². The summed E-state index contributed by atoms with van der Waals surface area (Å²) >= 11 is 12.5. The monoisotopic (exact) mass is 427 g/mol. The molecule has 0 aliphatic rings. The Hall–Kier alpha value is -1.18. The van der Waals surface area contributed by atoms with Crippen molar-refractivity contribution in [2.45, 2.75) is 6.92 Å². The molecule has 2 aromatic heterocycles. The van der Waals surface area contributed by atoms with Gasteiger partial charge in [-0.1, -0.05) is 0 Å². The molecule has 3 aromatic rings. The Bertz CT molecular complexity index is 901. The number of rotatable bonds is 2. The summed E-state index contributed by atoms with van der Waals surface area (Å²) in [5.41, 5.74) is 3.72. The topological polar surface area (TPSA) is 42.8 Å². The Morgan fingerprint density at radius 2 is 2.05 bits per heavy atom. The van der Waals surface area contributed by atoms with Crippen LogP contribution in [-0.4, -0.2) is 21.6 Å². The predicted octanol–water partition coefficient (Wildman–Crippen LogP) is 4.93. The van der Waals surface area contributed by atoms with Crippen molar-refractivity contribution >= 4 is 55.2 Å². The summed E-state index contributed by atoms with van der Waals surface area (Å²) in [5, 5.41) is 0. The molecule has 3 rings (SSSR count). The molecule has 0 bridgehead atoms. The highest BCUT2D eigenvalue weighted by Gasteiger charge is 2.14. The summed E-state index contributed by atoms with van der Waals surface area (Å²) in [6.07, 6.45) is 1.78. The first-order valence-corrected chi connectivity index (χ1v) is 8.12. The van der Waals surface area contributed by atoms with E-state index in [9.17, 15) is 0 Å². The number of aromatic nitrogens is 3. The lowest BCUT2D eigenvalue weighted by Gasteiger charge is -2.11. The molecule has 0 radical (unpaired) electrons. The minimum atomic E-state index is 0.594. The Balaban J connectivity index is 2.38. The molecule has 0 saturated carbocycles. The van der Waals surface area contributed by atoms with Gasteiger partial charge in [-0.05, 0) is 68.7 Å². The van der Waals surface area contributed by atoms with Gasteiger partial charge in [-0.2, -0.15) is 0 Å². The quantitative estimate of drug-likeness (QED) is 0.588. The molecule has 108 valence electrons. The van der Waals surface area contributed by atoms with Gasteiger partial charge >= 0.3 is 0 Å². The molecule has 0 spiro atoms. The van der Waals surface area contributed by atoms with E-state index in [-0.39, 0.29) is 0 Å². The third-order valence-electron chi connectivity index (χ3n) is 3.25. The molecule has 0 aliphatic heterocycles. The van der Waals surface area contributed by atoms with Crippen molar-refractivity contribution in [3.63, 3.8) is 0 Å². The van der Waals surface area contributed by atoms with Crippen LogP contribution in [0, 0.1) is 11.7 Å². The summed E-state index contributed by atoms with van der Waals surface area (Å²) in [5.74, 6) is 0.733.